The lowest BCUT2D eigenvalue weighted by atomic mass is 10.0. The molecule has 1 N–H and O–H groups in total. The van der Waals surface area contributed by atoms with E-state index in [1.807, 2.05) is 6.07 Å². The first-order valence-electron chi connectivity index (χ1n) is 4.74. The van der Waals surface area contributed by atoms with Crippen molar-refractivity contribution in [1.82, 2.24) is 4.90 Å². The van der Waals surface area contributed by atoms with Gasteiger partial charge in [0.2, 0.25) is 0 Å². The Bertz CT molecular complexity index is 272. The van der Waals surface area contributed by atoms with Crippen molar-refractivity contribution in [2.45, 2.75) is 19.1 Å². The molecule has 3 heteroatoms. The van der Waals surface area contributed by atoms with E-state index in [9.17, 15) is 5.11 Å². The van der Waals surface area contributed by atoms with Crippen LogP contribution in [0.2, 0.25) is 0 Å². The summed E-state index contributed by atoms with van der Waals surface area (Å²) >= 11 is 0. The lowest BCUT2D eigenvalue weighted by Crippen LogP contribution is -2.51. The molecule has 1 aromatic rings. The monoisotopic (exact) mass is 213 g/mol. The zero-order valence-corrected chi connectivity index (χ0v) is 9.07. The Morgan fingerprint density at radius 2 is 1.86 bits per heavy atom. The van der Waals surface area contributed by atoms with E-state index < -0.39 is 0 Å². The molecule has 1 fully saturated rings. The Labute approximate surface area is 91.0 Å². The van der Waals surface area contributed by atoms with E-state index >= 15 is 0 Å². The summed E-state index contributed by atoms with van der Waals surface area (Å²) < 4.78 is 0. The van der Waals surface area contributed by atoms with Crippen LogP contribution < -0.4 is 0 Å². The van der Waals surface area contributed by atoms with Gasteiger partial charge in [-0.05, 0) is 12.5 Å². The van der Waals surface area contributed by atoms with Crippen molar-refractivity contribution in [3.05, 3.63) is 35.9 Å². The SMILES string of the molecule is CC(c1ccccc1)N1CC(O)C1.Cl. The van der Waals surface area contributed by atoms with Crippen LogP contribution in [0.1, 0.15) is 18.5 Å². The zero-order chi connectivity index (χ0) is 9.26. The fourth-order valence-corrected chi connectivity index (χ4v) is 1.75. The number of β-amino-alcohol motifs (C(OH)–C–C–N with tert-alkyl or cyclic N) is 1. The van der Waals surface area contributed by atoms with E-state index in [1.54, 1.807) is 0 Å². The Kier molecular flexibility index (Phi) is 3.93. The lowest BCUT2D eigenvalue weighted by Gasteiger charge is -2.40. The van der Waals surface area contributed by atoms with Gasteiger partial charge < -0.3 is 5.11 Å². The Morgan fingerprint density at radius 3 is 2.36 bits per heavy atom. The van der Waals surface area contributed by atoms with Gasteiger partial charge in [0.25, 0.3) is 0 Å². The van der Waals surface area contributed by atoms with E-state index in [0.29, 0.717) is 6.04 Å². The standard InChI is InChI=1S/C11H15NO.ClH/c1-9(12-7-11(13)8-12)10-5-3-2-4-6-10;/h2-6,9,11,13H,7-8H2,1H3;1H. The summed E-state index contributed by atoms with van der Waals surface area (Å²) in [5.41, 5.74) is 1.33. The molecule has 0 bridgehead atoms. The second-order valence-corrected chi connectivity index (χ2v) is 3.69. The molecule has 78 valence electrons. The molecule has 1 aromatic carbocycles. The molecule has 0 spiro atoms. The van der Waals surface area contributed by atoms with Gasteiger partial charge in [-0.2, -0.15) is 0 Å². The van der Waals surface area contributed by atoms with Gasteiger partial charge in [0.15, 0.2) is 0 Å². The van der Waals surface area contributed by atoms with Crippen LogP contribution in [-0.4, -0.2) is 29.2 Å². The molecule has 1 aliphatic rings. The average Bonchev–Trinajstić information content (AvgIpc) is 2.13. The fourth-order valence-electron chi connectivity index (χ4n) is 1.75. The summed E-state index contributed by atoms with van der Waals surface area (Å²) in [6.45, 7) is 3.81. The molecule has 0 aliphatic carbocycles. The van der Waals surface area contributed by atoms with E-state index in [2.05, 4.69) is 36.1 Å². The van der Waals surface area contributed by atoms with Crippen LogP contribution in [0, 0.1) is 0 Å². The topological polar surface area (TPSA) is 23.5 Å². The average molecular weight is 214 g/mol. The van der Waals surface area contributed by atoms with E-state index in [1.165, 1.54) is 5.56 Å². The van der Waals surface area contributed by atoms with E-state index in [-0.39, 0.29) is 18.5 Å². The molecule has 2 rings (SSSR count). The molecule has 1 unspecified atom stereocenters. The Hall–Kier alpha value is -0.570. The van der Waals surface area contributed by atoms with Crippen LogP contribution >= 0.6 is 12.4 Å². The third-order valence-corrected chi connectivity index (χ3v) is 2.72. The van der Waals surface area contributed by atoms with Crippen molar-refractivity contribution >= 4 is 12.4 Å². The Morgan fingerprint density at radius 1 is 1.29 bits per heavy atom. The number of hydrogen-bond donors (Lipinski definition) is 1. The van der Waals surface area contributed by atoms with Crippen LogP contribution in [0.3, 0.4) is 0 Å². The van der Waals surface area contributed by atoms with Crippen LogP contribution in [0.4, 0.5) is 0 Å². The maximum absolute atomic E-state index is 9.17. The zero-order valence-electron chi connectivity index (χ0n) is 8.26. The molecule has 1 aliphatic heterocycles. The van der Waals surface area contributed by atoms with Gasteiger partial charge in [0, 0.05) is 19.1 Å². The summed E-state index contributed by atoms with van der Waals surface area (Å²) in [7, 11) is 0. The molecular weight excluding hydrogens is 198 g/mol. The maximum atomic E-state index is 9.17. The number of benzene rings is 1. The minimum Gasteiger partial charge on any atom is -0.390 e. The highest BCUT2D eigenvalue weighted by Gasteiger charge is 2.28. The van der Waals surface area contributed by atoms with Crippen molar-refractivity contribution in [2.24, 2.45) is 0 Å². The van der Waals surface area contributed by atoms with Crippen molar-refractivity contribution in [3.63, 3.8) is 0 Å². The summed E-state index contributed by atoms with van der Waals surface area (Å²) in [6, 6.07) is 10.8. The predicted octanol–water partition coefficient (Wildman–Crippen LogP) is 1.85. The molecule has 1 heterocycles. The van der Waals surface area contributed by atoms with Crippen molar-refractivity contribution in [3.8, 4) is 0 Å². The molecule has 14 heavy (non-hydrogen) atoms. The van der Waals surface area contributed by atoms with E-state index in [0.717, 1.165) is 13.1 Å². The summed E-state index contributed by atoms with van der Waals surface area (Å²) in [5, 5.41) is 9.17. The number of hydrogen-bond acceptors (Lipinski definition) is 2. The number of aliphatic hydroxyl groups is 1. The van der Waals surface area contributed by atoms with Crippen LogP contribution in [0.5, 0.6) is 0 Å². The van der Waals surface area contributed by atoms with Crippen molar-refractivity contribution in [1.29, 1.82) is 0 Å². The summed E-state index contributed by atoms with van der Waals surface area (Å²) in [5.74, 6) is 0. The van der Waals surface area contributed by atoms with Crippen LogP contribution in [-0.2, 0) is 0 Å². The number of rotatable bonds is 2. The molecule has 2 nitrogen and oxygen atoms in total. The predicted molar refractivity (Wildman–Crippen MR) is 59.7 cm³/mol. The van der Waals surface area contributed by atoms with Gasteiger partial charge in [0.05, 0.1) is 6.10 Å². The van der Waals surface area contributed by atoms with Gasteiger partial charge in [-0.3, -0.25) is 4.90 Å². The normalized spacial score (nSPS) is 19.6. The fraction of sp³-hybridized carbons (Fsp3) is 0.455. The highest BCUT2D eigenvalue weighted by molar-refractivity contribution is 5.85. The van der Waals surface area contributed by atoms with Gasteiger partial charge in [0.1, 0.15) is 0 Å². The molecule has 0 radical (unpaired) electrons. The van der Waals surface area contributed by atoms with Crippen molar-refractivity contribution in [2.75, 3.05) is 13.1 Å². The third kappa shape index (κ3) is 2.27. The molecule has 1 saturated heterocycles. The summed E-state index contributed by atoms with van der Waals surface area (Å²) in [6.07, 6.45) is -0.105. The van der Waals surface area contributed by atoms with Gasteiger partial charge in [-0.15, -0.1) is 12.4 Å². The van der Waals surface area contributed by atoms with Gasteiger partial charge in [-0.25, -0.2) is 0 Å². The molecule has 0 amide bonds. The second kappa shape index (κ2) is 4.78. The lowest BCUT2D eigenvalue weighted by molar-refractivity contribution is -0.0211. The Balaban J connectivity index is 0.000000980. The number of aliphatic hydroxyl groups excluding tert-OH is 1. The molecule has 0 saturated carbocycles. The van der Waals surface area contributed by atoms with E-state index in [4.69, 9.17) is 0 Å². The quantitative estimate of drug-likeness (QED) is 0.811. The first-order valence-corrected chi connectivity index (χ1v) is 4.74. The number of halogens is 1. The number of nitrogens with zero attached hydrogens (tertiary/aromatic N) is 1. The molecular formula is C11H16ClNO. The number of likely N-dealkylation sites (tertiary alicyclic amines) is 1. The van der Waals surface area contributed by atoms with Crippen LogP contribution in [0.25, 0.3) is 0 Å². The molecule has 1 atom stereocenters. The van der Waals surface area contributed by atoms with Gasteiger partial charge >= 0.3 is 0 Å². The second-order valence-electron chi connectivity index (χ2n) is 3.69. The highest BCUT2D eigenvalue weighted by atomic mass is 35.5. The minimum atomic E-state index is -0.105. The summed E-state index contributed by atoms with van der Waals surface area (Å²) in [4.78, 5) is 2.28. The van der Waals surface area contributed by atoms with Crippen LogP contribution in [0.15, 0.2) is 30.3 Å². The third-order valence-electron chi connectivity index (χ3n) is 2.72. The highest BCUT2D eigenvalue weighted by Crippen LogP contribution is 2.24. The maximum Gasteiger partial charge on any atom is 0.0794 e. The smallest absolute Gasteiger partial charge is 0.0794 e. The van der Waals surface area contributed by atoms with Gasteiger partial charge in [-0.1, -0.05) is 30.3 Å². The molecule has 0 aromatic heterocycles. The van der Waals surface area contributed by atoms with Crippen molar-refractivity contribution < 1.29 is 5.11 Å². The largest absolute Gasteiger partial charge is 0.390 e. The first kappa shape index (κ1) is 11.5. The first-order chi connectivity index (χ1) is 6.27. The minimum absolute atomic E-state index is 0.